The Morgan fingerprint density at radius 1 is 0.941 bits per heavy atom. The summed E-state index contributed by atoms with van der Waals surface area (Å²) in [6, 6.07) is 0. The third kappa shape index (κ3) is 2.81. The van der Waals surface area contributed by atoms with Crippen molar-refractivity contribution in [3.63, 3.8) is 0 Å². The largest absolute Gasteiger partial charge is 0.381 e. The highest BCUT2D eigenvalue weighted by atomic mass is 16.7. The van der Waals surface area contributed by atoms with Gasteiger partial charge in [0.05, 0.1) is 13.2 Å². The predicted octanol–water partition coefficient (Wildman–Crippen LogP) is 1.25. The van der Waals surface area contributed by atoms with Crippen LogP contribution in [0.3, 0.4) is 0 Å². The lowest BCUT2D eigenvalue weighted by molar-refractivity contribution is -0.186. The Hall–Kier alpha value is -0.160. The minimum absolute atomic E-state index is 0.216. The second kappa shape index (κ2) is 5.22. The quantitative estimate of drug-likeness (QED) is 0.728. The van der Waals surface area contributed by atoms with E-state index < -0.39 is 0 Å². The first-order valence-corrected chi connectivity index (χ1v) is 6.94. The summed E-state index contributed by atoms with van der Waals surface area (Å²) in [5, 5.41) is 0. The van der Waals surface area contributed by atoms with Crippen LogP contribution in [0.2, 0.25) is 0 Å². The third-order valence-electron chi connectivity index (χ3n) is 4.29. The van der Waals surface area contributed by atoms with Crippen molar-refractivity contribution in [3.05, 3.63) is 0 Å². The molecule has 0 saturated carbocycles. The highest BCUT2D eigenvalue weighted by Crippen LogP contribution is 2.31. The Morgan fingerprint density at radius 3 is 2.24 bits per heavy atom. The number of hydrogen-bond donors (Lipinski definition) is 0. The summed E-state index contributed by atoms with van der Waals surface area (Å²) in [6.45, 7) is 6.94. The molecule has 4 heteroatoms. The van der Waals surface area contributed by atoms with Crippen LogP contribution in [0.25, 0.3) is 0 Å². The number of rotatable bonds is 2. The first-order valence-electron chi connectivity index (χ1n) is 6.94. The van der Waals surface area contributed by atoms with Crippen molar-refractivity contribution in [1.29, 1.82) is 0 Å². The molecule has 98 valence electrons. The van der Waals surface area contributed by atoms with E-state index in [4.69, 9.17) is 14.2 Å². The van der Waals surface area contributed by atoms with Crippen LogP contribution >= 0.6 is 0 Å². The Morgan fingerprint density at radius 2 is 1.59 bits per heavy atom. The van der Waals surface area contributed by atoms with E-state index in [0.717, 1.165) is 58.3 Å². The Bertz CT molecular complexity index is 237. The number of nitrogens with zero attached hydrogens (tertiary/aromatic N) is 1. The van der Waals surface area contributed by atoms with Gasteiger partial charge in [-0.25, -0.2) is 0 Å². The zero-order valence-corrected chi connectivity index (χ0v) is 10.5. The summed E-state index contributed by atoms with van der Waals surface area (Å²) in [5.74, 6) is 0.620. The highest BCUT2D eigenvalue weighted by Gasteiger charge is 2.39. The van der Waals surface area contributed by atoms with E-state index in [9.17, 15) is 0 Å². The van der Waals surface area contributed by atoms with E-state index in [1.165, 1.54) is 19.4 Å². The smallest absolute Gasteiger partial charge is 0.170 e. The van der Waals surface area contributed by atoms with Gasteiger partial charge in [-0.3, -0.25) is 0 Å². The molecule has 0 unspecified atom stereocenters. The Labute approximate surface area is 103 Å². The average molecular weight is 241 g/mol. The van der Waals surface area contributed by atoms with Gasteiger partial charge in [0.1, 0.15) is 0 Å². The van der Waals surface area contributed by atoms with E-state index in [1.807, 2.05) is 0 Å². The van der Waals surface area contributed by atoms with Crippen LogP contribution in [0.15, 0.2) is 0 Å². The molecule has 0 aliphatic carbocycles. The maximum atomic E-state index is 5.75. The molecule has 0 N–H and O–H groups in total. The monoisotopic (exact) mass is 241 g/mol. The van der Waals surface area contributed by atoms with E-state index in [2.05, 4.69) is 4.90 Å². The zero-order chi connectivity index (χ0) is 11.6. The maximum absolute atomic E-state index is 5.75. The lowest BCUT2D eigenvalue weighted by atomic mass is 9.97. The first-order chi connectivity index (χ1) is 8.36. The van der Waals surface area contributed by atoms with Crippen molar-refractivity contribution >= 4 is 0 Å². The van der Waals surface area contributed by atoms with Gasteiger partial charge in [0.25, 0.3) is 0 Å². The predicted molar refractivity (Wildman–Crippen MR) is 63.9 cm³/mol. The molecule has 0 bridgehead atoms. The molecule has 4 nitrogen and oxygen atoms in total. The van der Waals surface area contributed by atoms with Crippen LogP contribution in [0.1, 0.15) is 25.7 Å². The zero-order valence-electron chi connectivity index (χ0n) is 10.5. The SMILES string of the molecule is C1CC(CN2CCC3(CC2)OCCO3)CCO1. The van der Waals surface area contributed by atoms with Gasteiger partial charge in [-0.05, 0) is 18.8 Å². The molecule has 1 spiro atoms. The van der Waals surface area contributed by atoms with E-state index in [-0.39, 0.29) is 5.79 Å². The molecule has 0 aromatic rings. The summed E-state index contributed by atoms with van der Waals surface area (Å²) >= 11 is 0. The topological polar surface area (TPSA) is 30.9 Å². The van der Waals surface area contributed by atoms with Gasteiger partial charge in [0, 0.05) is 45.7 Å². The van der Waals surface area contributed by atoms with Gasteiger partial charge < -0.3 is 19.1 Å². The van der Waals surface area contributed by atoms with Gasteiger partial charge in [-0.15, -0.1) is 0 Å². The molecule has 3 fully saturated rings. The van der Waals surface area contributed by atoms with Gasteiger partial charge in [-0.2, -0.15) is 0 Å². The van der Waals surface area contributed by atoms with Gasteiger partial charge in [0.2, 0.25) is 0 Å². The fraction of sp³-hybridized carbons (Fsp3) is 1.00. The van der Waals surface area contributed by atoms with Crippen molar-refractivity contribution in [2.75, 3.05) is 46.1 Å². The Kier molecular flexibility index (Phi) is 3.66. The van der Waals surface area contributed by atoms with Crippen molar-refractivity contribution < 1.29 is 14.2 Å². The molecule has 3 aliphatic rings. The minimum atomic E-state index is -0.216. The standard InChI is InChI=1S/C13H23NO3/c1-7-15-8-2-12(1)11-14-5-3-13(4-6-14)16-9-10-17-13/h12H,1-11H2. The number of ether oxygens (including phenoxy) is 3. The first kappa shape index (κ1) is 11.9. The van der Waals surface area contributed by atoms with Crippen LogP contribution < -0.4 is 0 Å². The van der Waals surface area contributed by atoms with Crippen LogP contribution in [-0.2, 0) is 14.2 Å². The Balaban J connectivity index is 1.44. The van der Waals surface area contributed by atoms with Crippen LogP contribution in [-0.4, -0.2) is 56.7 Å². The lowest BCUT2D eigenvalue weighted by Crippen LogP contribution is -2.46. The van der Waals surface area contributed by atoms with Gasteiger partial charge in [0.15, 0.2) is 5.79 Å². The van der Waals surface area contributed by atoms with Crippen molar-refractivity contribution in [3.8, 4) is 0 Å². The molecule has 3 aliphatic heterocycles. The molecule has 3 saturated heterocycles. The van der Waals surface area contributed by atoms with Crippen LogP contribution in [0.5, 0.6) is 0 Å². The summed E-state index contributed by atoms with van der Waals surface area (Å²) in [6.07, 6.45) is 4.54. The molecular formula is C13H23NO3. The summed E-state index contributed by atoms with van der Waals surface area (Å²) < 4.78 is 16.9. The summed E-state index contributed by atoms with van der Waals surface area (Å²) in [5.41, 5.74) is 0. The number of likely N-dealkylation sites (tertiary alicyclic amines) is 1. The molecule has 3 heterocycles. The van der Waals surface area contributed by atoms with Crippen molar-refractivity contribution in [2.45, 2.75) is 31.5 Å². The van der Waals surface area contributed by atoms with Crippen LogP contribution in [0.4, 0.5) is 0 Å². The molecular weight excluding hydrogens is 218 g/mol. The molecule has 0 aromatic carbocycles. The van der Waals surface area contributed by atoms with E-state index >= 15 is 0 Å². The molecule has 0 aromatic heterocycles. The summed E-state index contributed by atoms with van der Waals surface area (Å²) in [7, 11) is 0. The van der Waals surface area contributed by atoms with Gasteiger partial charge >= 0.3 is 0 Å². The average Bonchev–Trinajstić information content (AvgIpc) is 2.83. The molecule has 0 amide bonds. The normalized spacial score (nSPS) is 31.1. The second-order valence-electron chi connectivity index (χ2n) is 5.46. The summed E-state index contributed by atoms with van der Waals surface area (Å²) in [4.78, 5) is 2.58. The van der Waals surface area contributed by atoms with E-state index in [0.29, 0.717) is 0 Å². The van der Waals surface area contributed by atoms with Crippen molar-refractivity contribution in [1.82, 2.24) is 4.90 Å². The van der Waals surface area contributed by atoms with Crippen LogP contribution in [0, 0.1) is 5.92 Å². The third-order valence-corrected chi connectivity index (χ3v) is 4.29. The van der Waals surface area contributed by atoms with Gasteiger partial charge in [-0.1, -0.05) is 0 Å². The van der Waals surface area contributed by atoms with E-state index in [1.54, 1.807) is 0 Å². The second-order valence-corrected chi connectivity index (χ2v) is 5.46. The van der Waals surface area contributed by atoms with Crippen molar-refractivity contribution in [2.24, 2.45) is 5.92 Å². The molecule has 17 heavy (non-hydrogen) atoms. The lowest BCUT2D eigenvalue weighted by Gasteiger charge is -2.39. The molecule has 3 rings (SSSR count). The molecule has 0 radical (unpaired) electrons. The fourth-order valence-corrected chi connectivity index (χ4v) is 3.16. The minimum Gasteiger partial charge on any atom is -0.381 e. The fourth-order valence-electron chi connectivity index (χ4n) is 3.16. The number of hydrogen-bond acceptors (Lipinski definition) is 4. The highest BCUT2D eigenvalue weighted by molar-refractivity contribution is 4.83. The molecule has 0 atom stereocenters. The number of piperidine rings is 1. The maximum Gasteiger partial charge on any atom is 0.170 e.